The summed E-state index contributed by atoms with van der Waals surface area (Å²) < 4.78 is 24.3. The van der Waals surface area contributed by atoms with Gasteiger partial charge in [-0.1, -0.05) is 36.4 Å². The first-order valence-electron chi connectivity index (χ1n) is 5.31. The highest BCUT2D eigenvalue weighted by Crippen LogP contribution is 2.22. The molecule has 0 saturated heterocycles. The summed E-state index contributed by atoms with van der Waals surface area (Å²) in [6, 6.07) is 13.8. The van der Waals surface area contributed by atoms with Gasteiger partial charge in [-0.15, -0.1) is 0 Å². The van der Waals surface area contributed by atoms with Crippen LogP contribution in [0.3, 0.4) is 0 Å². The summed E-state index contributed by atoms with van der Waals surface area (Å²) in [4.78, 5) is 0. The predicted molar refractivity (Wildman–Crippen MR) is 63.3 cm³/mol. The molecule has 0 atom stereocenters. The van der Waals surface area contributed by atoms with Crippen molar-refractivity contribution >= 4 is 0 Å². The van der Waals surface area contributed by atoms with Gasteiger partial charge in [0.25, 0.3) is 0 Å². The lowest BCUT2D eigenvalue weighted by Gasteiger charge is -2.04. The fourth-order valence-corrected chi connectivity index (χ4v) is 1.67. The highest BCUT2D eigenvalue weighted by Gasteiger charge is 2.04. The van der Waals surface area contributed by atoms with E-state index in [0.29, 0.717) is 5.56 Å². The molecule has 2 aromatic carbocycles. The Morgan fingerprint density at radius 3 is 1.76 bits per heavy atom. The standard InChI is InChI=1S/C14H12F2O/c15-14(16)9-10-1-3-11(4-2-10)12-5-7-13(17)8-6-12/h1-8,14,17H,9H2. The lowest BCUT2D eigenvalue weighted by atomic mass is 10.0. The first-order chi connectivity index (χ1) is 8.15. The Labute approximate surface area is 98.3 Å². The fraction of sp³-hybridized carbons (Fsp3) is 0.143. The summed E-state index contributed by atoms with van der Waals surface area (Å²) >= 11 is 0. The summed E-state index contributed by atoms with van der Waals surface area (Å²) in [5, 5.41) is 9.16. The number of halogens is 2. The van der Waals surface area contributed by atoms with Crippen molar-refractivity contribution < 1.29 is 13.9 Å². The van der Waals surface area contributed by atoms with E-state index < -0.39 is 6.43 Å². The number of alkyl halides is 2. The predicted octanol–water partition coefficient (Wildman–Crippen LogP) is 3.87. The van der Waals surface area contributed by atoms with Gasteiger partial charge in [0.1, 0.15) is 5.75 Å². The van der Waals surface area contributed by atoms with Gasteiger partial charge in [0, 0.05) is 6.42 Å². The number of rotatable bonds is 3. The minimum Gasteiger partial charge on any atom is -0.508 e. The van der Waals surface area contributed by atoms with E-state index in [2.05, 4.69) is 0 Å². The third-order valence-corrected chi connectivity index (χ3v) is 2.54. The summed E-state index contributed by atoms with van der Waals surface area (Å²) in [6.45, 7) is 0. The van der Waals surface area contributed by atoms with Gasteiger partial charge in [0.05, 0.1) is 0 Å². The molecular formula is C14H12F2O. The second-order valence-electron chi connectivity index (χ2n) is 3.84. The van der Waals surface area contributed by atoms with Crippen LogP contribution in [0, 0.1) is 0 Å². The maximum atomic E-state index is 12.2. The van der Waals surface area contributed by atoms with E-state index in [0.717, 1.165) is 11.1 Å². The zero-order chi connectivity index (χ0) is 12.3. The molecule has 17 heavy (non-hydrogen) atoms. The van der Waals surface area contributed by atoms with Crippen LogP contribution < -0.4 is 0 Å². The molecule has 2 rings (SSSR count). The molecule has 1 nitrogen and oxygen atoms in total. The Morgan fingerprint density at radius 1 is 0.824 bits per heavy atom. The van der Waals surface area contributed by atoms with Gasteiger partial charge < -0.3 is 5.11 Å². The number of hydrogen-bond donors (Lipinski definition) is 1. The van der Waals surface area contributed by atoms with Crippen molar-refractivity contribution in [1.29, 1.82) is 0 Å². The van der Waals surface area contributed by atoms with E-state index in [-0.39, 0.29) is 12.2 Å². The second-order valence-corrected chi connectivity index (χ2v) is 3.84. The molecule has 0 aliphatic carbocycles. The zero-order valence-corrected chi connectivity index (χ0v) is 9.11. The Kier molecular flexibility index (Phi) is 3.38. The number of phenolic OH excluding ortho intramolecular Hbond substituents is 1. The van der Waals surface area contributed by atoms with Crippen molar-refractivity contribution in [2.75, 3.05) is 0 Å². The number of phenols is 1. The third-order valence-electron chi connectivity index (χ3n) is 2.54. The van der Waals surface area contributed by atoms with Gasteiger partial charge >= 0.3 is 0 Å². The number of aromatic hydroxyl groups is 1. The van der Waals surface area contributed by atoms with Crippen molar-refractivity contribution in [2.24, 2.45) is 0 Å². The van der Waals surface area contributed by atoms with Crippen molar-refractivity contribution in [3.05, 3.63) is 54.1 Å². The van der Waals surface area contributed by atoms with Gasteiger partial charge in [0.15, 0.2) is 0 Å². The Morgan fingerprint density at radius 2 is 1.29 bits per heavy atom. The SMILES string of the molecule is Oc1ccc(-c2ccc(CC(F)F)cc2)cc1. The van der Waals surface area contributed by atoms with Crippen LogP contribution in [0.15, 0.2) is 48.5 Å². The van der Waals surface area contributed by atoms with E-state index in [9.17, 15) is 8.78 Å². The average molecular weight is 234 g/mol. The molecule has 0 amide bonds. The summed E-state index contributed by atoms with van der Waals surface area (Å²) in [5.74, 6) is 0.211. The third kappa shape index (κ3) is 3.03. The Bertz CT molecular complexity index is 475. The van der Waals surface area contributed by atoms with Crippen LogP contribution >= 0.6 is 0 Å². The van der Waals surface area contributed by atoms with Gasteiger partial charge in [-0.05, 0) is 28.8 Å². The Balaban J connectivity index is 2.20. The molecule has 3 heteroatoms. The van der Waals surface area contributed by atoms with E-state index in [1.54, 1.807) is 36.4 Å². The average Bonchev–Trinajstić information content (AvgIpc) is 2.30. The molecule has 0 aliphatic heterocycles. The van der Waals surface area contributed by atoms with Crippen molar-refractivity contribution in [2.45, 2.75) is 12.8 Å². The van der Waals surface area contributed by atoms with Gasteiger partial charge in [-0.25, -0.2) is 8.78 Å². The minimum atomic E-state index is -2.31. The molecule has 0 spiro atoms. The largest absolute Gasteiger partial charge is 0.508 e. The van der Waals surface area contributed by atoms with E-state index in [4.69, 9.17) is 5.11 Å². The smallest absolute Gasteiger partial charge is 0.242 e. The topological polar surface area (TPSA) is 20.2 Å². The molecule has 0 aliphatic rings. The summed E-state index contributed by atoms with van der Waals surface area (Å²) in [5.41, 5.74) is 2.52. The van der Waals surface area contributed by atoms with Crippen LogP contribution in [0.1, 0.15) is 5.56 Å². The first kappa shape index (κ1) is 11.6. The quantitative estimate of drug-likeness (QED) is 0.854. The van der Waals surface area contributed by atoms with Crippen LogP contribution in [0.5, 0.6) is 5.75 Å². The normalized spacial score (nSPS) is 10.8. The number of benzene rings is 2. The van der Waals surface area contributed by atoms with E-state index >= 15 is 0 Å². The maximum Gasteiger partial charge on any atom is 0.242 e. The highest BCUT2D eigenvalue weighted by molar-refractivity contribution is 5.64. The molecule has 0 bridgehead atoms. The van der Waals surface area contributed by atoms with Crippen molar-refractivity contribution in [1.82, 2.24) is 0 Å². The molecule has 0 radical (unpaired) electrons. The second kappa shape index (κ2) is 4.95. The molecule has 0 heterocycles. The fourth-order valence-electron chi connectivity index (χ4n) is 1.67. The van der Waals surface area contributed by atoms with Crippen LogP contribution in [0.4, 0.5) is 8.78 Å². The highest BCUT2D eigenvalue weighted by atomic mass is 19.3. The van der Waals surface area contributed by atoms with E-state index in [1.807, 2.05) is 12.1 Å². The summed E-state index contributed by atoms with van der Waals surface area (Å²) in [7, 11) is 0. The molecule has 0 fully saturated rings. The zero-order valence-electron chi connectivity index (χ0n) is 9.11. The molecule has 2 aromatic rings. The van der Waals surface area contributed by atoms with Gasteiger partial charge in [-0.2, -0.15) is 0 Å². The molecule has 0 unspecified atom stereocenters. The maximum absolute atomic E-state index is 12.2. The molecule has 0 saturated carbocycles. The van der Waals surface area contributed by atoms with Crippen LogP contribution in [0.25, 0.3) is 11.1 Å². The van der Waals surface area contributed by atoms with Gasteiger partial charge in [0.2, 0.25) is 6.43 Å². The lowest BCUT2D eigenvalue weighted by molar-refractivity contribution is 0.149. The van der Waals surface area contributed by atoms with Crippen LogP contribution in [-0.2, 0) is 6.42 Å². The molecular weight excluding hydrogens is 222 g/mol. The van der Waals surface area contributed by atoms with Crippen molar-refractivity contribution in [3.8, 4) is 16.9 Å². The van der Waals surface area contributed by atoms with Crippen molar-refractivity contribution in [3.63, 3.8) is 0 Å². The molecule has 88 valence electrons. The monoisotopic (exact) mass is 234 g/mol. The first-order valence-corrected chi connectivity index (χ1v) is 5.31. The van der Waals surface area contributed by atoms with Crippen LogP contribution in [-0.4, -0.2) is 11.5 Å². The minimum absolute atomic E-state index is 0.211. The molecule has 0 aromatic heterocycles. The van der Waals surface area contributed by atoms with Gasteiger partial charge in [-0.3, -0.25) is 0 Å². The summed E-state index contributed by atoms with van der Waals surface area (Å²) in [6.07, 6.45) is -2.52. The van der Waals surface area contributed by atoms with E-state index in [1.165, 1.54) is 0 Å². The van der Waals surface area contributed by atoms with Crippen LogP contribution in [0.2, 0.25) is 0 Å². The number of hydrogen-bond acceptors (Lipinski definition) is 1. The lowest BCUT2D eigenvalue weighted by Crippen LogP contribution is -1.95. The molecule has 1 N–H and O–H groups in total. The Hall–Kier alpha value is -1.90.